The topological polar surface area (TPSA) is 0 Å². The van der Waals surface area contributed by atoms with Crippen LogP contribution in [-0.2, 0) is 0 Å². The molecule has 0 saturated heterocycles. The van der Waals surface area contributed by atoms with Crippen LogP contribution in [0, 0.1) is 0 Å². The SMILES string of the molecule is C.I[Si](I)(I)I. The summed E-state index contributed by atoms with van der Waals surface area (Å²) in [6, 6.07) is 0. The van der Waals surface area contributed by atoms with Crippen LogP contribution in [0.1, 0.15) is 7.43 Å². The van der Waals surface area contributed by atoms with Gasteiger partial charge in [-0.25, -0.2) is 0 Å². The molecule has 40 valence electrons. The van der Waals surface area contributed by atoms with E-state index in [1.807, 2.05) is 0 Å². The maximum atomic E-state index is 2.48. The Morgan fingerprint density at radius 2 is 0.833 bits per heavy atom. The number of hydrogen-bond donors (Lipinski definition) is 0. The highest BCUT2D eigenvalue weighted by atomic mass is 127. The Morgan fingerprint density at radius 3 is 0.833 bits per heavy atom. The molecular formula is CH4I4Si. The third-order valence-corrected chi connectivity index (χ3v) is 0. The molecule has 0 fully saturated rings. The first-order valence-corrected chi connectivity index (χ1v) is 15.2. The molecule has 0 aromatic carbocycles. The van der Waals surface area contributed by atoms with E-state index in [4.69, 9.17) is 0 Å². The van der Waals surface area contributed by atoms with Gasteiger partial charge in [-0.05, 0) is 0 Å². The maximum Gasteiger partial charge on any atom is 0.317 e. The van der Waals surface area contributed by atoms with E-state index in [0.717, 1.165) is 0 Å². The Labute approximate surface area is 90.5 Å². The quantitative estimate of drug-likeness (QED) is 0.244. The normalized spacial score (nSPS) is 10.0. The molecule has 0 heterocycles. The second-order valence-electron chi connectivity index (χ2n) is 0.429. The zero-order chi connectivity index (χ0) is 4.50. The smallest absolute Gasteiger partial charge is 0.0791 e. The van der Waals surface area contributed by atoms with Crippen molar-refractivity contribution in [2.24, 2.45) is 0 Å². The lowest BCUT2D eigenvalue weighted by atomic mass is 12.0. The van der Waals surface area contributed by atoms with E-state index in [-0.39, 0.29) is 7.43 Å². The molecule has 0 aliphatic heterocycles. The molecule has 0 spiro atoms. The average Bonchev–Trinajstić information content (AvgIpc) is 0.722. The van der Waals surface area contributed by atoms with Crippen molar-refractivity contribution in [3.05, 3.63) is 0 Å². The molecule has 6 heavy (non-hydrogen) atoms. The third-order valence-electron chi connectivity index (χ3n) is 0. The molecular weight excluding hydrogens is 548 g/mol. The summed E-state index contributed by atoms with van der Waals surface area (Å²) in [5.41, 5.74) is 0. The van der Waals surface area contributed by atoms with E-state index < -0.39 is -1.94 Å². The second-order valence-corrected chi connectivity index (χ2v) is 57.9. The lowest BCUT2D eigenvalue weighted by molar-refractivity contribution is 2.50. The van der Waals surface area contributed by atoms with Crippen molar-refractivity contribution in [1.29, 1.82) is 0 Å². The Hall–Kier alpha value is 3.14. The van der Waals surface area contributed by atoms with Crippen molar-refractivity contribution >= 4 is 85.2 Å². The molecule has 0 aromatic rings. The van der Waals surface area contributed by atoms with Crippen molar-refractivity contribution in [3.8, 4) is 0 Å². The van der Waals surface area contributed by atoms with E-state index >= 15 is 0 Å². The Morgan fingerprint density at radius 1 is 0.833 bits per heavy atom. The first-order valence-electron chi connectivity index (χ1n) is 0.756. The highest BCUT2D eigenvalue weighted by Gasteiger charge is 2.13. The van der Waals surface area contributed by atoms with Crippen LogP contribution >= 0.6 is 87.2 Å². The summed E-state index contributed by atoms with van der Waals surface area (Å²) in [6.07, 6.45) is 0. The predicted molar refractivity (Wildman–Crippen MR) is 68.6 cm³/mol. The van der Waals surface area contributed by atoms with Gasteiger partial charge in [0.05, 0.1) is 0 Å². The largest absolute Gasteiger partial charge is 0.317 e. The molecule has 0 saturated carbocycles. The summed E-state index contributed by atoms with van der Waals surface area (Å²) < 4.78 is -0.731. The summed E-state index contributed by atoms with van der Waals surface area (Å²) in [5.74, 6) is 0. The summed E-state index contributed by atoms with van der Waals surface area (Å²) in [4.78, 5) is 0. The second kappa shape index (κ2) is 4.96. The van der Waals surface area contributed by atoms with Crippen LogP contribution < -0.4 is 0 Å². The van der Waals surface area contributed by atoms with E-state index in [1.165, 1.54) is 0 Å². The van der Waals surface area contributed by atoms with Crippen LogP contribution in [0.3, 0.4) is 0 Å². The number of hydrogen-bond acceptors (Lipinski definition) is 0. The molecule has 0 nitrogen and oxygen atoms in total. The van der Waals surface area contributed by atoms with E-state index in [0.29, 0.717) is 0 Å². The van der Waals surface area contributed by atoms with E-state index in [2.05, 4.69) is 87.2 Å². The molecule has 0 radical (unpaired) electrons. The zero-order valence-corrected chi connectivity index (χ0v) is 11.6. The molecule has 0 N–H and O–H groups in total. The van der Waals surface area contributed by atoms with Gasteiger partial charge in [-0.15, -0.1) is 0 Å². The van der Waals surface area contributed by atoms with Crippen LogP contribution in [0.4, 0.5) is 0 Å². The fourth-order valence-electron chi connectivity index (χ4n) is 0. The summed E-state index contributed by atoms with van der Waals surface area (Å²) >= 11 is 9.91. The molecule has 0 amide bonds. The van der Waals surface area contributed by atoms with Gasteiger partial charge < -0.3 is 0 Å². The van der Waals surface area contributed by atoms with E-state index in [9.17, 15) is 0 Å². The van der Waals surface area contributed by atoms with Crippen molar-refractivity contribution in [1.82, 2.24) is 0 Å². The molecule has 0 atom stereocenters. The number of halogens is 4. The highest BCUT2D eigenvalue weighted by Crippen LogP contribution is 2.35. The van der Waals surface area contributed by atoms with Gasteiger partial charge in [0.25, 0.3) is 0 Å². The minimum Gasteiger partial charge on any atom is -0.0791 e. The van der Waals surface area contributed by atoms with E-state index in [1.54, 1.807) is 0 Å². The van der Waals surface area contributed by atoms with Crippen LogP contribution in [0.15, 0.2) is 0 Å². The van der Waals surface area contributed by atoms with Crippen LogP contribution in [0.25, 0.3) is 0 Å². The van der Waals surface area contributed by atoms with Crippen molar-refractivity contribution < 1.29 is 0 Å². The fourth-order valence-corrected chi connectivity index (χ4v) is 0. The Balaban J connectivity index is 0. The molecule has 0 aromatic heterocycles. The summed E-state index contributed by atoms with van der Waals surface area (Å²) in [5, 5.41) is 0. The van der Waals surface area contributed by atoms with Crippen LogP contribution in [0.2, 0.25) is 0 Å². The Bertz CT molecular complexity index is 23.0. The highest BCUT2D eigenvalue weighted by molar-refractivity contribution is 14.5. The van der Waals surface area contributed by atoms with Gasteiger partial charge in [-0.3, -0.25) is 0 Å². The minimum atomic E-state index is -0.731. The third kappa shape index (κ3) is 27.3. The fraction of sp³-hybridized carbons (Fsp3) is 1.00. The van der Waals surface area contributed by atoms with Gasteiger partial charge in [0.15, 0.2) is 0 Å². The van der Waals surface area contributed by atoms with Gasteiger partial charge in [-0.1, -0.05) is 94.6 Å². The zero-order valence-electron chi connectivity index (χ0n) is 2.01. The van der Waals surface area contributed by atoms with Gasteiger partial charge in [0, 0.05) is 0 Å². The molecule has 5 heteroatoms. The average molecular weight is 552 g/mol. The lowest BCUT2D eigenvalue weighted by Gasteiger charge is -1.89. The lowest BCUT2D eigenvalue weighted by Crippen LogP contribution is -1.84. The van der Waals surface area contributed by atoms with Gasteiger partial charge in [0.1, 0.15) is 0 Å². The van der Waals surface area contributed by atoms with Gasteiger partial charge in [-0.2, -0.15) is 0 Å². The molecule has 0 rings (SSSR count). The molecule has 0 bridgehead atoms. The van der Waals surface area contributed by atoms with Crippen molar-refractivity contribution in [2.45, 2.75) is 7.43 Å². The summed E-state index contributed by atoms with van der Waals surface area (Å²) in [7, 11) is 0. The molecule has 0 unspecified atom stereocenters. The van der Waals surface area contributed by atoms with Crippen molar-refractivity contribution in [2.75, 3.05) is 0 Å². The first kappa shape index (κ1) is 11.9. The molecule has 0 aliphatic rings. The predicted octanol–water partition coefficient (Wildman–Crippen LogP) is 3.80. The standard InChI is InChI=1S/CH4.I4Si/c;1-5(2,3)4/h1H4;. The minimum absolute atomic E-state index is 0. The van der Waals surface area contributed by atoms with Gasteiger partial charge >= 0.3 is -1.94 Å². The van der Waals surface area contributed by atoms with Gasteiger partial charge in [0.2, 0.25) is 0 Å². The summed E-state index contributed by atoms with van der Waals surface area (Å²) in [6.45, 7) is 0. The number of rotatable bonds is 0. The molecule has 0 aliphatic carbocycles. The van der Waals surface area contributed by atoms with Crippen molar-refractivity contribution in [3.63, 3.8) is 0 Å². The monoisotopic (exact) mass is 552 g/mol. The Kier molecular flexibility index (Phi) is 9.83. The van der Waals surface area contributed by atoms with Crippen LogP contribution in [-0.4, -0.2) is -1.94 Å². The maximum absolute atomic E-state index is 2.48. The first-order chi connectivity index (χ1) is 2.00. The van der Waals surface area contributed by atoms with Crippen LogP contribution in [0.5, 0.6) is 0 Å².